The monoisotopic (exact) mass is 351 g/mol. The van der Waals surface area contributed by atoms with E-state index in [1.165, 1.54) is 25.7 Å². The van der Waals surface area contributed by atoms with Gasteiger partial charge in [-0.2, -0.15) is 0 Å². The standard InChI is InChI=1S/C17H22BrNO2/c1-2-3-4-5-6-9-12-17(18)15(20)13-10-7-8-11-14(13)19-16(17)21/h7-8,10-11H,2-6,9,12H2,1H3,(H,19,21). The highest BCUT2D eigenvalue weighted by Gasteiger charge is 2.47. The minimum atomic E-state index is -1.09. The zero-order chi connectivity index (χ0) is 15.3. The van der Waals surface area contributed by atoms with Crippen LogP contribution in [0.25, 0.3) is 0 Å². The van der Waals surface area contributed by atoms with Crippen LogP contribution in [0.1, 0.15) is 62.2 Å². The minimum absolute atomic E-state index is 0.115. The molecular weight excluding hydrogens is 330 g/mol. The fraction of sp³-hybridized carbons (Fsp3) is 0.529. The normalized spacial score (nSPS) is 21.0. The Hall–Kier alpha value is -1.16. The molecule has 1 N–H and O–H groups in total. The van der Waals surface area contributed by atoms with Crippen molar-refractivity contribution in [3.63, 3.8) is 0 Å². The smallest absolute Gasteiger partial charge is 0.249 e. The van der Waals surface area contributed by atoms with E-state index in [0.717, 1.165) is 12.8 Å². The Morgan fingerprint density at radius 3 is 2.48 bits per heavy atom. The summed E-state index contributed by atoms with van der Waals surface area (Å²) in [5, 5.41) is 2.84. The van der Waals surface area contributed by atoms with Crippen LogP contribution >= 0.6 is 15.9 Å². The summed E-state index contributed by atoms with van der Waals surface area (Å²) >= 11 is 3.42. The Labute approximate surface area is 134 Å². The molecule has 4 heteroatoms. The quantitative estimate of drug-likeness (QED) is 0.439. The number of para-hydroxylation sites is 1. The lowest BCUT2D eigenvalue weighted by Crippen LogP contribution is -2.48. The van der Waals surface area contributed by atoms with Crippen molar-refractivity contribution in [3.05, 3.63) is 29.8 Å². The maximum atomic E-state index is 12.6. The molecule has 1 atom stereocenters. The molecule has 0 saturated carbocycles. The number of amides is 1. The molecule has 114 valence electrons. The van der Waals surface area contributed by atoms with Gasteiger partial charge in [-0.15, -0.1) is 0 Å². The number of alkyl halides is 1. The van der Waals surface area contributed by atoms with Gasteiger partial charge in [0.2, 0.25) is 5.91 Å². The van der Waals surface area contributed by atoms with E-state index in [4.69, 9.17) is 0 Å². The number of carbonyl (C=O) groups excluding carboxylic acids is 2. The summed E-state index contributed by atoms with van der Waals surface area (Å²) in [5.74, 6) is -0.352. The number of anilines is 1. The number of carbonyl (C=O) groups is 2. The molecule has 21 heavy (non-hydrogen) atoms. The predicted octanol–water partition coefficient (Wildman–Crippen LogP) is 4.71. The first-order chi connectivity index (χ1) is 10.1. The van der Waals surface area contributed by atoms with E-state index in [-0.39, 0.29) is 11.7 Å². The SMILES string of the molecule is CCCCCCCCC1(Br)C(=O)Nc2ccccc2C1=O. The molecule has 1 aromatic rings. The second kappa shape index (κ2) is 7.21. The van der Waals surface area contributed by atoms with Crippen LogP contribution in [-0.4, -0.2) is 16.0 Å². The number of Topliss-reactive ketones (excluding diaryl/α,β-unsaturated/α-hetero) is 1. The van der Waals surface area contributed by atoms with Gasteiger partial charge in [0, 0.05) is 5.56 Å². The van der Waals surface area contributed by atoms with E-state index in [1.807, 2.05) is 12.1 Å². The molecule has 0 bridgehead atoms. The van der Waals surface area contributed by atoms with Crippen LogP contribution in [0.15, 0.2) is 24.3 Å². The molecule has 1 unspecified atom stereocenters. The molecule has 0 fully saturated rings. The summed E-state index contributed by atoms with van der Waals surface area (Å²) in [6.45, 7) is 2.19. The second-order valence-electron chi connectivity index (χ2n) is 5.65. The number of nitrogens with one attached hydrogen (secondary N) is 1. The molecule has 1 aliphatic heterocycles. The number of fused-ring (bicyclic) bond motifs is 1. The van der Waals surface area contributed by atoms with Gasteiger partial charge in [0.05, 0.1) is 5.69 Å². The maximum absolute atomic E-state index is 12.6. The molecule has 1 heterocycles. The third kappa shape index (κ3) is 3.54. The van der Waals surface area contributed by atoms with Crippen LogP contribution in [-0.2, 0) is 4.79 Å². The van der Waals surface area contributed by atoms with Gasteiger partial charge in [-0.25, -0.2) is 0 Å². The third-order valence-corrected chi connectivity index (χ3v) is 5.13. The first-order valence-corrected chi connectivity index (χ1v) is 8.53. The molecule has 0 saturated heterocycles. The molecule has 3 nitrogen and oxygen atoms in total. The molecule has 0 aromatic heterocycles. The van der Waals surface area contributed by atoms with Crippen molar-refractivity contribution in [2.45, 2.75) is 56.2 Å². The van der Waals surface area contributed by atoms with Gasteiger partial charge in [-0.3, -0.25) is 9.59 Å². The largest absolute Gasteiger partial charge is 0.324 e. The van der Waals surface area contributed by atoms with Crippen LogP contribution in [0.2, 0.25) is 0 Å². The van der Waals surface area contributed by atoms with E-state index in [1.54, 1.807) is 12.1 Å². The molecule has 1 amide bonds. The number of halogens is 1. The van der Waals surface area contributed by atoms with Crippen molar-refractivity contribution in [3.8, 4) is 0 Å². The Kier molecular flexibility index (Phi) is 5.57. The summed E-state index contributed by atoms with van der Waals surface area (Å²) in [6, 6.07) is 7.19. The predicted molar refractivity (Wildman–Crippen MR) is 89.1 cm³/mol. The Balaban J connectivity index is 1.98. The zero-order valence-electron chi connectivity index (χ0n) is 12.5. The van der Waals surface area contributed by atoms with Crippen LogP contribution in [0, 0.1) is 0 Å². The summed E-state index contributed by atoms with van der Waals surface area (Å²) in [6.07, 6.45) is 7.38. The lowest BCUT2D eigenvalue weighted by atomic mass is 9.87. The molecule has 1 aromatic carbocycles. The molecule has 0 spiro atoms. The van der Waals surface area contributed by atoms with Crippen LogP contribution in [0.4, 0.5) is 5.69 Å². The topological polar surface area (TPSA) is 46.2 Å². The van der Waals surface area contributed by atoms with E-state index in [0.29, 0.717) is 17.7 Å². The summed E-state index contributed by atoms with van der Waals surface area (Å²) < 4.78 is -1.09. The van der Waals surface area contributed by atoms with E-state index >= 15 is 0 Å². The van der Waals surface area contributed by atoms with Gasteiger partial charge in [-0.1, -0.05) is 73.5 Å². The number of hydrogen-bond donors (Lipinski definition) is 1. The van der Waals surface area contributed by atoms with Crippen molar-refractivity contribution in [1.29, 1.82) is 0 Å². The average Bonchev–Trinajstić information content (AvgIpc) is 2.49. The Morgan fingerprint density at radius 2 is 1.71 bits per heavy atom. The summed E-state index contributed by atoms with van der Waals surface area (Å²) in [7, 11) is 0. The van der Waals surface area contributed by atoms with Crippen molar-refractivity contribution >= 4 is 33.3 Å². The van der Waals surface area contributed by atoms with Crippen molar-refractivity contribution in [1.82, 2.24) is 0 Å². The van der Waals surface area contributed by atoms with E-state index in [9.17, 15) is 9.59 Å². The lowest BCUT2D eigenvalue weighted by Gasteiger charge is -2.30. The highest BCUT2D eigenvalue weighted by molar-refractivity contribution is 9.10. The first-order valence-electron chi connectivity index (χ1n) is 7.74. The number of rotatable bonds is 7. The zero-order valence-corrected chi connectivity index (χ0v) is 14.0. The van der Waals surface area contributed by atoms with Gasteiger partial charge in [0.1, 0.15) is 0 Å². The molecule has 1 aliphatic rings. The van der Waals surface area contributed by atoms with Gasteiger partial charge < -0.3 is 5.32 Å². The van der Waals surface area contributed by atoms with E-state index in [2.05, 4.69) is 28.2 Å². The van der Waals surface area contributed by atoms with Gasteiger partial charge in [0.15, 0.2) is 10.1 Å². The summed E-state index contributed by atoms with van der Waals surface area (Å²) in [5.41, 5.74) is 1.21. The number of benzene rings is 1. The molecular formula is C17H22BrNO2. The maximum Gasteiger partial charge on any atom is 0.249 e. The lowest BCUT2D eigenvalue weighted by molar-refractivity contribution is -0.117. The Bertz CT molecular complexity index is 529. The van der Waals surface area contributed by atoms with Crippen molar-refractivity contribution in [2.24, 2.45) is 0 Å². The van der Waals surface area contributed by atoms with Crippen LogP contribution in [0.5, 0.6) is 0 Å². The number of hydrogen-bond acceptors (Lipinski definition) is 2. The third-order valence-electron chi connectivity index (χ3n) is 4.01. The number of unbranched alkanes of at least 4 members (excludes halogenated alkanes) is 5. The second-order valence-corrected chi connectivity index (χ2v) is 7.00. The number of ketones is 1. The van der Waals surface area contributed by atoms with Crippen molar-refractivity contribution < 1.29 is 9.59 Å². The highest BCUT2D eigenvalue weighted by Crippen LogP contribution is 2.37. The molecule has 0 aliphatic carbocycles. The summed E-state index contributed by atoms with van der Waals surface area (Å²) in [4.78, 5) is 24.9. The van der Waals surface area contributed by atoms with Gasteiger partial charge in [0.25, 0.3) is 0 Å². The van der Waals surface area contributed by atoms with Crippen molar-refractivity contribution in [2.75, 3.05) is 5.32 Å². The molecule has 0 radical (unpaired) electrons. The Morgan fingerprint density at radius 1 is 1.05 bits per heavy atom. The van der Waals surface area contributed by atoms with Gasteiger partial charge in [-0.05, 0) is 18.6 Å². The fourth-order valence-corrected chi connectivity index (χ4v) is 3.30. The first kappa shape index (κ1) is 16.2. The van der Waals surface area contributed by atoms with Crippen LogP contribution in [0.3, 0.4) is 0 Å². The highest BCUT2D eigenvalue weighted by atomic mass is 79.9. The fourth-order valence-electron chi connectivity index (χ4n) is 2.70. The minimum Gasteiger partial charge on any atom is -0.324 e. The van der Waals surface area contributed by atoms with Gasteiger partial charge >= 0.3 is 0 Å². The van der Waals surface area contributed by atoms with Crippen LogP contribution < -0.4 is 5.32 Å². The average molecular weight is 352 g/mol. The van der Waals surface area contributed by atoms with E-state index < -0.39 is 4.32 Å². The molecule has 2 rings (SSSR count).